The molecule has 0 aliphatic heterocycles. The normalized spacial score (nSPS) is 15.7. The second kappa shape index (κ2) is 5.72. The van der Waals surface area contributed by atoms with Gasteiger partial charge in [-0.25, -0.2) is 0 Å². The minimum Gasteiger partial charge on any atom is -0.366 e. The summed E-state index contributed by atoms with van der Waals surface area (Å²) in [5.41, 5.74) is 0.874. The summed E-state index contributed by atoms with van der Waals surface area (Å²) in [5.74, 6) is -3.52. The van der Waals surface area contributed by atoms with Crippen molar-refractivity contribution in [2.45, 2.75) is 12.2 Å². The summed E-state index contributed by atoms with van der Waals surface area (Å²) >= 11 is 0. The molecule has 2 aromatic rings. The summed E-state index contributed by atoms with van der Waals surface area (Å²) in [7, 11) is 1.31. The number of alkyl halides is 2. The zero-order valence-electron chi connectivity index (χ0n) is 12.3. The van der Waals surface area contributed by atoms with Crippen molar-refractivity contribution < 1.29 is 23.4 Å². The molecule has 1 amide bonds. The van der Waals surface area contributed by atoms with Gasteiger partial charge in [-0.3, -0.25) is 4.79 Å². The van der Waals surface area contributed by atoms with E-state index in [2.05, 4.69) is 10.1 Å². The molecule has 23 heavy (non-hydrogen) atoms. The van der Waals surface area contributed by atoms with E-state index >= 15 is 0 Å². The van der Waals surface area contributed by atoms with Gasteiger partial charge in [0.2, 0.25) is 0 Å². The Labute approximate surface area is 131 Å². The van der Waals surface area contributed by atoms with E-state index in [0.29, 0.717) is 11.1 Å². The van der Waals surface area contributed by atoms with Gasteiger partial charge in [0.25, 0.3) is 11.8 Å². The van der Waals surface area contributed by atoms with E-state index in [1.54, 1.807) is 18.2 Å². The van der Waals surface area contributed by atoms with Crippen molar-refractivity contribution >= 4 is 5.91 Å². The van der Waals surface area contributed by atoms with Gasteiger partial charge in [-0.15, -0.1) is 0 Å². The topological polar surface area (TPSA) is 58.6 Å². The summed E-state index contributed by atoms with van der Waals surface area (Å²) < 4.78 is 33.5. The van der Waals surface area contributed by atoms with Gasteiger partial charge in [-0.2, -0.15) is 8.78 Å². The molecule has 0 bridgehead atoms. The van der Waals surface area contributed by atoms with E-state index in [9.17, 15) is 18.7 Å². The third-order valence-electron chi connectivity index (χ3n) is 3.88. The lowest BCUT2D eigenvalue weighted by Gasteiger charge is -2.13. The van der Waals surface area contributed by atoms with Crippen LogP contribution in [-0.2, 0) is 10.7 Å². The summed E-state index contributed by atoms with van der Waals surface area (Å²) in [6.07, 6.45) is -1.11. The molecule has 1 unspecified atom stereocenters. The van der Waals surface area contributed by atoms with Crippen molar-refractivity contribution in [1.82, 2.24) is 5.32 Å². The number of nitrogens with one attached hydrogen (secondary N) is 1. The van der Waals surface area contributed by atoms with Gasteiger partial charge >= 0.3 is 0 Å². The van der Waals surface area contributed by atoms with E-state index in [0.717, 1.165) is 0 Å². The first-order valence-corrected chi connectivity index (χ1v) is 7.06. The number of hydrogen-bond donors (Lipinski definition) is 2. The minimum atomic E-state index is -3.06. The summed E-state index contributed by atoms with van der Waals surface area (Å²) in [6.45, 7) is -0.0842. The van der Waals surface area contributed by atoms with Crippen LogP contribution in [0.5, 0.6) is 0 Å². The molecule has 0 fully saturated rings. The average Bonchev–Trinajstić information content (AvgIpc) is 2.80. The fourth-order valence-corrected chi connectivity index (χ4v) is 2.68. The molecular formula is C17H15F2NO3. The zero-order valence-corrected chi connectivity index (χ0v) is 12.3. The number of carbonyl (C=O) groups is 1. The molecule has 0 heterocycles. The lowest BCUT2D eigenvalue weighted by molar-refractivity contribution is -0.0694. The zero-order chi connectivity index (χ0) is 16.6. The number of methoxy groups -OCH3 is 1. The molecule has 0 saturated carbocycles. The Bertz CT molecular complexity index is 761. The highest BCUT2D eigenvalue weighted by Crippen LogP contribution is 2.50. The maximum atomic E-state index is 14.4. The fourth-order valence-electron chi connectivity index (χ4n) is 2.68. The quantitative estimate of drug-likeness (QED) is 0.851. The molecule has 0 aromatic heterocycles. The molecule has 1 aliphatic rings. The minimum absolute atomic E-state index is 0.0534. The smallest absolute Gasteiger partial charge is 0.299 e. The van der Waals surface area contributed by atoms with Gasteiger partial charge in [-0.1, -0.05) is 30.3 Å². The maximum absolute atomic E-state index is 14.4. The summed E-state index contributed by atoms with van der Waals surface area (Å²) in [5, 5.41) is 11.8. The van der Waals surface area contributed by atoms with Crippen LogP contribution in [0.3, 0.4) is 0 Å². The van der Waals surface area contributed by atoms with Crippen LogP contribution in [0, 0.1) is 0 Å². The van der Waals surface area contributed by atoms with Crippen LogP contribution >= 0.6 is 0 Å². The van der Waals surface area contributed by atoms with Gasteiger partial charge in [-0.05, 0) is 23.3 Å². The molecule has 0 saturated heterocycles. The number of aliphatic hydroxyl groups is 1. The lowest BCUT2D eigenvalue weighted by atomic mass is 10.0. The first-order chi connectivity index (χ1) is 10.9. The number of amides is 1. The van der Waals surface area contributed by atoms with Gasteiger partial charge < -0.3 is 15.2 Å². The largest absolute Gasteiger partial charge is 0.366 e. The highest BCUT2D eigenvalue weighted by Gasteiger charge is 2.44. The molecular weight excluding hydrogens is 304 g/mol. The number of fused-ring (bicyclic) bond motifs is 3. The highest BCUT2D eigenvalue weighted by molar-refractivity contribution is 5.96. The molecule has 3 rings (SSSR count). The van der Waals surface area contributed by atoms with Crippen LogP contribution in [-0.4, -0.2) is 31.0 Å². The van der Waals surface area contributed by atoms with E-state index in [1.165, 1.54) is 31.4 Å². The van der Waals surface area contributed by atoms with Crippen LogP contribution in [0.25, 0.3) is 11.1 Å². The molecule has 1 aliphatic carbocycles. The third kappa shape index (κ3) is 2.60. The second-order valence-corrected chi connectivity index (χ2v) is 5.28. The SMILES string of the molecule is COC(O)CNC(=O)c1ccc2c(c1)-c1ccccc1C2(F)F. The Morgan fingerprint density at radius 3 is 2.65 bits per heavy atom. The lowest BCUT2D eigenvalue weighted by Crippen LogP contribution is -2.32. The number of hydrogen-bond acceptors (Lipinski definition) is 3. The Kier molecular flexibility index (Phi) is 3.87. The Balaban J connectivity index is 1.94. The summed E-state index contributed by atoms with van der Waals surface area (Å²) in [4.78, 5) is 12.1. The van der Waals surface area contributed by atoms with Crippen molar-refractivity contribution in [3.8, 4) is 11.1 Å². The van der Waals surface area contributed by atoms with Crippen LogP contribution in [0.15, 0.2) is 42.5 Å². The first-order valence-electron chi connectivity index (χ1n) is 7.06. The number of ether oxygens (including phenoxy) is 1. The second-order valence-electron chi connectivity index (χ2n) is 5.28. The van der Waals surface area contributed by atoms with Gasteiger partial charge in [0.1, 0.15) is 0 Å². The Hall–Kier alpha value is -2.31. The van der Waals surface area contributed by atoms with Crippen molar-refractivity contribution in [2.75, 3.05) is 13.7 Å². The van der Waals surface area contributed by atoms with Crippen LogP contribution in [0.2, 0.25) is 0 Å². The number of aliphatic hydroxyl groups excluding tert-OH is 1. The van der Waals surface area contributed by atoms with Gasteiger partial charge in [0, 0.05) is 23.8 Å². The number of benzene rings is 2. The van der Waals surface area contributed by atoms with E-state index in [-0.39, 0.29) is 23.2 Å². The molecule has 4 nitrogen and oxygen atoms in total. The highest BCUT2D eigenvalue weighted by atomic mass is 19.3. The van der Waals surface area contributed by atoms with Crippen LogP contribution in [0.4, 0.5) is 8.78 Å². The molecule has 1 atom stereocenters. The van der Waals surface area contributed by atoms with E-state index in [1.807, 2.05) is 0 Å². The van der Waals surface area contributed by atoms with Crippen molar-refractivity contribution in [3.05, 3.63) is 59.2 Å². The van der Waals surface area contributed by atoms with Crippen molar-refractivity contribution in [1.29, 1.82) is 0 Å². The third-order valence-corrected chi connectivity index (χ3v) is 3.88. The molecule has 0 spiro atoms. The number of carbonyl (C=O) groups excluding carboxylic acids is 1. The van der Waals surface area contributed by atoms with Gasteiger partial charge in [0.15, 0.2) is 6.29 Å². The van der Waals surface area contributed by atoms with Crippen LogP contribution in [0.1, 0.15) is 21.5 Å². The van der Waals surface area contributed by atoms with Crippen molar-refractivity contribution in [3.63, 3.8) is 0 Å². The van der Waals surface area contributed by atoms with Gasteiger partial charge in [0.05, 0.1) is 6.54 Å². The number of rotatable bonds is 4. The maximum Gasteiger partial charge on any atom is 0.299 e. The molecule has 0 radical (unpaired) electrons. The first kappa shape index (κ1) is 15.6. The van der Waals surface area contributed by atoms with E-state index in [4.69, 9.17) is 0 Å². The molecule has 6 heteroatoms. The fraction of sp³-hybridized carbons (Fsp3) is 0.235. The molecule has 2 N–H and O–H groups in total. The monoisotopic (exact) mass is 319 g/mol. The van der Waals surface area contributed by atoms with Crippen LogP contribution < -0.4 is 5.32 Å². The Morgan fingerprint density at radius 2 is 1.91 bits per heavy atom. The predicted molar refractivity (Wildman–Crippen MR) is 80.2 cm³/mol. The van der Waals surface area contributed by atoms with Crippen molar-refractivity contribution in [2.24, 2.45) is 0 Å². The predicted octanol–water partition coefficient (Wildman–Crippen LogP) is 2.50. The molecule has 2 aromatic carbocycles. The van der Waals surface area contributed by atoms with E-state index < -0.39 is 18.1 Å². The number of halogens is 2. The standard InChI is InChI=1S/C17H15F2NO3/c1-23-15(21)9-20-16(22)10-6-7-14-12(8-10)11-4-2-3-5-13(11)17(14,18)19/h2-8,15,21H,9H2,1H3,(H,20,22). The Morgan fingerprint density at radius 1 is 1.22 bits per heavy atom. The average molecular weight is 319 g/mol. The summed E-state index contributed by atoms with van der Waals surface area (Å²) in [6, 6.07) is 10.3. The molecule has 120 valence electrons.